The Hall–Kier alpha value is -1.74. The molecule has 2 atom stereocenters. The monoisotopic (exact) mass is 262 g/mol. The molecule has 0 saturated heterocycles. The molecule has 2 rings (SSSR count). The zero-order valence-corrected chi connectivity index (χ0v) is 10.7. The van der Waals surface area contributed by atoms with Gasteiger partial charge < -0.3 is 5.11 Å². The summed E-state index contributed by atoms with van der Waals surface area (Å²) in [6.45, 7) is 1.98. The van der Waals surface area contributed by atoms with Gasteiger partial charge in [-0.15, -0.1) is 0 Å². The number of hydrogen-bond acceptors (Lipinski definition) is 1. The molecule has 3 heteroatoms. The highest BCUT2D eigenvalue weighted by Gasteiger charge is 2.15. The van der Waals surface area contributed by atoms with Crippen molar-refractivity contribution in [3.63, 3.8) is 0 Å². The van der Waals surface area contributed by atoms with Gasteiger partial charge in [0.1, 0.15) is 11.6 Å². The van der Waals surface area contributed by atoms with Crippen molar-refractivity contribution in [1.82, 2.24) is 0 Å². The van der Waals surface area contributed by atoms with Gasteiger partial charge in [0.2, 0.25) is 0 Å². The van der Waals surface area contributed by atoms with Crippen LogP contribution in [0.3, 0.4) is 0 Å². The molecule has 2 unspecified atom stereocenters. The predicted octanol–water partition coefficient (Wildman–Crippen LogP) is 4.19. The third kappa shape index (κ3) is 3.61. The maximum Gasteiger partial charge on any atom is 0.126 e. The maximum absolute atomic E-state index is 13.1. The van der Waals surface area contributed by atoms with Gasteiger partial charge in [0.15, 0.2) is 0 Å². The van der Waals surface area contributed by atoms with Crippen LogP contribution in [0, 0.1) is 11.6 Å². The molecule has 19 heavy (non-hydrogen) atoms. The Bertz CT molecular complexity index is 519. The smallest absolute Gasteiger partial charge is 0.126 e. The van der Waals surface area contributed by atoms with E-state index in [0.717, 1.165) is 11.6 Å². The molecule has 0 heterocycles. The largest absolute Gasteiger partial charge is 0.388 e. The zero-order chi connectivity index (χ0) is 13.8. The summed E-state index contributed by atoms with van der Waals surface area (Å²) in [5, 5.41) is 10.1. The first kappa shape index (κ1) is 13.7. The van der Waals surface area contributed by atoms with Crippen LogP contribution < -0.4 is 0 Å². The van der Waals surface area contributed by atoms with Gasteiger partial charge in [-0.25, -0.2) is 8.78 Å². The minimum atomic E-state index is -0.875. The molecule has 100 valence electrons. The summed E-state index contributed by atoms with van der Waals surface area (Å²) >= 11 is 0. The fourth-order valence-corrected chi connectivity index (χ4v) is 2.16. The highest BCUT2D eigenvalue weighted by atomic mass is 19.1. The number of rotatable bonds is 4. The molecule has 0 aliphatic rings. The second kappa shape index (κ2) is 5.93. The normalized spacial score (nSPS) is 14.1. The molecule has 0 amide bonds. The van der Waals surface area contributed by atoms with Crippen LogP contribution in [-0.4, -0.2) is 5.11 Å². The van der Waals surface area contributed by atoms with Crippen molar-refractivity contribution in [3.05, 3.63) is 71.3 Å². The van der Waals surface area contributed by atoms with E-state index < -0.39 is 17.7 Å². The Morgan fingerprint density at radius 1 is 0.947 bits per heavy atom. The first-order chi connectivity index (χ1) is 9.06. The highest BCUT2D eigenvalue weighted by molar-refractivity contribution is 5.23. The Labute approximate surface area is 111 Å². The van der Waals surface area contributed by atoms with E-state index in [-0.39, 0.29) is 11.5 Å². The van der Waals surface area contributed by atoms with Gasteiger partial charge in [0.25, 0.3) is 0 Å². The van der Waals surface area contributed by atoms with E-state index in [4.69, 9.17) is 0 Å². The van der Waals surface area contributed by atoms with Crippen LogP contribution in [-0.2, 0) is 0 Å². The Morgan fingerprint density at radius 2 is 1.53 bits per heavy atom. The van der Waals surface area contributed by atoms with Crippen molar-refractivity contribution < 1.29 is 13.9 Å². The number of aliphatic hydroxyl groups excluding tert-OH is 1. The molecule has 0 fully saturated rings. The van der Waals surface area contributed by atoms with Gasteiger partial charge in [-0.3, -0.25) is 0 Å². The van der Waals surface area contributed by atoms with Crippen LogP contribution in [0.25, 0.3) is 0 Å². The van der Waals surface area contributed by atoms with Crippen molar-refractivity contribution in [2.45, 2.75) is 25.4 Å². The number of aliphatic hydroxyl groups is 1. The van der Waals surface area contributed by atoms with E-state index in [0.29, 0.717) is 6.42 Å². The van der Waals surface area contributed by atoms with E-state index in [1.54, 1.807) is 0 Å². The van der Waals surface area contributed by atoms with Crippen molar-refractivity contribution in [1.29, 1.82) is 0 Å². The van der Waals surface area contributed by atoms with Crippen molar-refractivity contribution in [3.8, 4) is 0 Å². The lowest BCUT2D eigenvalue weighted by atomic mass is 9.92. The lowest BCUT2D eigenvalue weighted by Crippen LogP contribution is -2.04. The lowest BCUT2D eigenvalue weighted by Gasteiger charge is -2.17. The molecular formula is C16H16F2O. The molecule has 0 bridgehead atoms. The molecule has 1 nitrogen and oxygen atoms in total. The summed E-state index contributed by atoms with van der Waals surface area (Å²) in [7, 11) is 0. The van der Waals surface area contributed by atoms with E-state index in [2.05, 4.69) is 0 Å². The van der Waals surface area contributed by atoms with Gasteiger partial charge in [-0.2, -0.15) is 0 Å². The van der Waals surface area contributed by atoms with Crippen molar-refractivity contribution in [2.75, 3.05) is 0 Å². The molecule has 0 radical (unpaired) electrons. The molecule has 0 aromatic heterocycles. The van der Waals surface area contributed by atoms with Crippen LogP contribution >= 0.6 is 0 Å². The molecule has 0 saturated carbocycles. The topological polar surface area (TPSA) is 20.2 Å². The van der Waals surface area contributed by atoms with E-state index in [1.807, 2.05) is 37.3 Å². The van der Waals surface area contributed by atoms with Crippen molar-refractivity contribution >= 4 is 0 Å². The van der Waals surface area contributed by atoms with Crippen molar-refractivity contribution in [2.24, 2.45) is 0 Å². The quantitative estimate of drug-likeness (QED) is 0.875. The zero-order valence-electron chi connectivity index (χ0n) is 10.7. The standard InChI is InChI=1S/C16H16F2O/c1-11(12-5-3-2-4-6-12)7-16(19)13-8-14(17)10-15(18)9-13/h2-6,8-11,16,19H,7H2,1H3. The van der Waals surface area contributed by atoms with E-state index in [1.165, 1.54) is 12.1 Å². The summed E-state index contributed by atoms with van der Waals surface area (Å²) < 4.78 is 26.2. The van der Waals surface area contributed by atoms with Crippen LogP contribution in [0.2, 0.25) is 0 Å². The Balaban J connectivity index is 2.10. The van der Waals surface area contributed by atoms with Gasteiger partial charge in [0.05, 0.1) is 6.10 Å². The molecular weight excluding hydrogens is 246 g/mol. The van der Waals surface area contributed by atoms with Gasteiger partial charge in [-0.1, -0.05) is 37.3 Å². The fraction of sp³-hybridized carbons (Fsp3) is 0.250. The predicted molar refractivity (Wildman–Crippen MR) is 70.8 cm³/mol. The summed E-state index contributed by atoms with van der Waals surface area (Å²) in [6.07, 6.45) is -0.451. The first-order valence-electron chi connectivity index (χ1n) is 6.25. The molecule has 1 N–H and O–H groups in total. The number of halogens is 2. The number of hydrogen-bond donors (Lipinski definition) is 1. The third-order valence-electron chi connectivity index (χ3n) is 3.22. The Morgan fingerprint density at radius 3 is 2.11 bits per heavy atom. The van der Waals surface area contributed by atoms with Crippen LogP contribution in [0.15, 0.2) is 48.5 Å². The third-order valence-corrected chi connectivity index (χ3v) is 3.22. The minimum Gasteiger partial charge on any atom is -0.388 e. The SMILES string of the molecule is CC(CC(O)c1cc(F)cc(F)c1)c1ccccc1. The van der Waals surface area contributed by atoms with Gasteiger partial charge in [0, 0.05) is 6.07 Å². The van der Waals surface area contributed by atoms with Gasteiger partial charge >= 0.3 is 0 Å². The average Bonchev–Trinajstić information content (AvgIpc) is 2.38. The Kier molecular flexibility index (Phi) is 4.27. The summed E-state index contributed by atoms with van der Waals surface area (Å²) in [4.78, 5) is 0. The van der Waals surface area contributed by atoms with E-state index in [9.17, 15) is 13.9 Å². The van der Waals surface area contributed by atoms with E-state index >= 15 is 0 Å². The summed E-state index contributed by atoms with van der Waals surface area (Å²) in [5.41, 5.74) is 1.37. The average molecular weight is 262 g/mol. The summed E-state index contributed by atoms with van der Waals surface area (Å²) in [6, 6.07) is 12.9. The first-order valence-corrected chi connectivity index (χ1v) is 6.25. The van der Waals surface area contributed by atoms with Crippen LogP contribution in [0.4, 0.5) is 8.78 Å². The highest BCUT2D eigenvalue weighted by Crippen LogP contribution is 2.28. The summed E-state index contributed by atoms with van der Waals surface area (Å²) in [5.74, 6) is -1.22. The minimum absolute atomic E-state index is 0.113. The second-order valence-corrected chi connectivity index (χ2v) is 4.77. The maximum atomic E-state index is 13.1. The van der Waals surface area contributed by atoms with Crippen LogP contribution in [0.1, 0.15) is 36.5 Å². The molecule has 2 aromatic carbocycles. The molecule has 2 aromatic rings. The fourth-order valence-electron chi connectivity index (χ4n) is 2.16. The molecule has 0 spiro atoms. The van der Waals surface area contributed by atoms with Gasteiger partial charge in [-0.05, 0) is 35.6 Å². The second-order valence-electron chi connectivity index (χ2n) is 4.77. The van der Waals surface area contributed by atoms with Crippen LogP contribution in [0.5, 0.6) is 0 Å². The molecule has 0 aliphatic carbocycles. The number of benzene rings is 2. The molecule has 0 aliphatic heterocycles. The lowest BCUT2D eigenvalue weighted by molar-refractivity contribution is 0.158.